The fourth-order valence-electron chi connectivity index (χ4n) is 21.2. The molecule has 0 bridgehead atoms. The Hall–Kier alpha value is -16.0. The quantitative estimate of drug-likeness (QED) is 0.110. The van der Waals surface area contributed by atoms with E-state index in [2.05, 4.69) is 448 Å². The van der Waals surface area contributed by atoms with Crippen LogP contribution in [0.25, 0.3) is 243 Å². The first kappa shape index (κ1) is 84.9. The van der Waals surface area contributed by atoms with E-state index in [-0.39, 0.29) is 61.8 Å². The van der Waals surface area contributed by atoms with E-state index in [1.54, 1.807) is 16.1 Å². The molecular formula is C127H85KN6O3S. The maximum absolute atomic E-state index is 15.1. The molecule has 2 N–H and O–H groups in total. The van der Waals surface area contributed by atoms with Crippen molar-refractivity contribution in [1.82, 2.24) is 27.2 Å². The fraction of sp³-hybridized carbons (Fsp3) is 0.00787. The van der Waals surface area contributed by atoms with Crippen molar-refractivity contribution in [2.75, 3.05) is 0 Å². The Morgan fingerprint density at radius 1 is 0.181 bits per heavy atom. The summed E-state index contributed by atoms with van der Waals surface area (Å²) in [5.41, 5.74) is 36.4. The van der Waals surface area contributed by atoms with Gasteiger partial charge in [0.2, 0.25) is 0 Å². The summed E-state index contributed by atoms with van der Waals surface area (Å²) in [6, 6.07) is 173. The van der Waals surface area contributed by atoms with E-state index >= 15 is 8.42 Å². The van der Waals surface area contributed by atoms with Gasteiger partial charge in [-0.15, -0.1) is 0 Å². The maximum Gasteiger partial charge on any atom is 1.00 e. The number of aromatic amines is 1. The van der Waals surface area contributed by atoms with Crippen LogP contribution in [0, 0.1) is 6.92 Å². The summed E-state index contributed by atoms with van der Waals surface area (Å²) in [5.74, 6) is 0. The molecule has 6 aromatic heterocycles. The number of nitrogens with one attached hydrogen (secondary N) is 1. The van der Waals surface area contributed by atoms with Crippen molar-refractivity contribution in [3.05, 3.63) is 491 Å². The van der Waals surface area contributed by atoms with E-state index in [4.69, 9.17) is 0 Å². The van der Waals surface area contributed by atoms with Gasteiger partial charge >= 0.3 is 51.4 Å². The molecule has 0 atom stereocenters. The predicted molar refractivity (Wildman–Crippen MR) is 572 cm³/mol. The van der Waals surface area contributed by atoms with Crippen molar-refractivity contribution < 1.29 is 65.3 Å². The van der Waals surface area contributed by atoms with Gasteiger partial charge in [-0.2, -0.15) is 0 Å². The van der Waals surface area contributed by atoms with Crippen molar-refractivity contribution in [2.24, 2.45) is 0 Å². The zero-order valence-electron chi connectivity index (χ0n) is 75.6. The van der Waals surface area contributed by atoms with Gasteiger partial charge in [0.05, 0.1) is 60.1 Å². The SMILES string of the molecule is Cc1ccc(S(=O)(=O)n2c3ccc(-n4c5ccc(-c6ccccc6)cc5c5cc(-c6ccccc6)ccc54)cc3c3cc(-n4c5ccc(-c6ccccc6)cc5c5cc(-c6ccccc6)ccc54)ccc32)cc1.[K+].[OH-].c1ccc(-c2ccc3c(c2)c2cc(-c4ccccc4)ccc2n3-c2ccc3[nH]c4ccc(-n5c6ccc(-c7ccccc7)cc6c6cc(-c7ccccc7)ccc65)cc4c3c2)cc1. The molecule has 0 aliphatic rings. The molecule has 0 unspecified atom stereocenters. The van der Waals surface area contributed by atoms with Gasteiger partial charge in [0.25, 0.3) is 10.0 Å². The van der Waals surface area contributed by atoms with E-state index in [0.29, 0.717) is 11.0 Å². The molecule has 0 spiro atoms. The number of fused-ring (bicyclic) bond motifs is 18. The Bertz CT molecular complexity index is 8690. The van der Waals surface area contributed by atoms with Gasteiger partial charge in [0.15, 0.2) is 0 Å². The third kappa shape index (κ3) is 14.5. The molecule has 9 nitrogen and oxygen atoms in total. The standard InChI is InChI=1S/C67H45N3O2S.C60H39N3.K.H2O/c1-44-22-30-55(31-23-44)73(71,72)70-66-36-28-53(68-62-32-24-49(45-14-6-2-7-15-45)38-56(62)57-39-50(25-33-63(57)68)46-16-8-3-9-17-46)42-60(66)61-43-54(29-37-67(61)70)69-64-34-26-51(47-18-10-4-11-19-47)40-58(64)59-41-52(27-35-65(59)69)48-20-12-5-13-21-48;1-5-13-39(14-6-1)43-21-29-57-51(33-43)52-34-44(40-15-7-2-8-16-40)22-30-58(52)62(57)47-25-27-55-49(37-47)50-38-48(26-28-56(50)61-55)63-59-31-23-45(41-17-9-3-10-18-41)35-53(59)54-36-46(24-32-60(54)63)42-19-11-4-12-20-42;;/h2-43H,1H3;1-38,61H;;1H2/q;;+1;/p-1. The molecular weight excluding hydrogens is 1730 g/mol. The molecule has 6 heterocycles. The summed E-state index contributed by atoms with van der Waals surface area (Å²) in [4.78, 5) is 3.99. The second-order valence-electron chi connectivity index (χ2n) is 35.7. The number of H-pyrrole nitrogens is 1. The molecule has 0 radical (unpaired) electrons. The molecule has 27 rings (SSSR count). The van der Waals surface area contributed by atoms with E-state index < -0.39 is 10.0 Å². The van der Waals surface area contributed by atoms with E-state index in [1.807, 2.05) is 55.5 Å². The Labute approximate surface area is 839 Å². The number of aryl methyl sites for hydroxylation is 1. The van der Waals surface area contributed by atoms with Crippen LogP contribution in [0.4, 0.5) is 0 Å². The third-order valence-corrected chi connectivity index (χ3v) is 29.5. The van der Waals surface area contributed by atoms with Gasteiger partial charge in [0, 0.05) is 98.4 Å². The van der Waals surface area contributed by atoms with Crippen LogP contribution in [0.3, 0.4) is 0 Å². The molecule has 0 aliphatic heterocycles. The van der Waals surface area contributed by atoms with Crippen molar-refractivity contribution in [2.45, 2.75) is 11.8 Å². The monoisotopic (exact) mass is 1810 g/mol. The molecule has 21 aromatic carbocycles. The number of aromatic nitrogens is 6. The van der Waals surface area contributed by atoms with Crippen LogP contribution in [0.1, 0.15) is 5.56 Å². The summed E-state index contributed by atoms with van der Waals surface area (Å²) in [6.45, 7) is 1.97. The van der Waals surface area contributed by atoms with E-state index in [9.17, 15) is 0 Å². The van der Waals surface area contributed by atoms with Gasteiger partial charge in [-0.05, 0) is 278 Å². The van der Waals surface area contributed by atoms with Crippen LogP contribution in [-0.2, 0) is 10.0 Å². The topological polar surface area (TPSA) is 105 Å². The smallest absolute Gasteiger partial charge is 0.870 e. The number of hydrogen-bond donors (Lipinski definition) is 1. The zero-order valence-corrected chi connectivity index (χ0v) is 79.5. The largest absolute Gasteiger partial charge is 1.00 e. The van der Waals surface area contributed by atoms with Crippen LogP contribution in [0.2, 0.25) is 0 Å². The van der Waals surface area contributed by atoms with Gasteiger partial charge < -0.3 is 28.7 Å². The summed E-state index contributed by atoms with van der Waals surface area (Å²) >= 11 is 0. The van der Waals surface area contributed by atoms with Crippen LogP contribution in [0.5, 0.6) is 0 Å². The molecule has 648 valence electrons. The van der Waals surface area contributed by atoms with Crippen LogP contribution in [-0.4, -0.2) is 41.1 Å². The van der Waals surface area contributed by atoms with E-state index in [1.165, 1.54) is 98.9 Å². The van der Waals surface area contributed by atoms with E-state index in [0.717, 1.165) is 138 Å². The Morgan fingerprint density at radius 2 is 0.362 bits per heavy atom. The predicted octanol–water partition coefficient (Wildman–Crippen LogP) is 30.2. The number of nitrogens with zero attached hydrogens (tertiary/aromatic N) is 5. The minimum Gasteiger partial charge on any atom is -0.870 e. The van der Waals surface area contributed by atoms with Crippen molar-refractivity contribution in [3.63, 3.8) is 0 Å². The summed E-state index contributed by atoms with van der Waals surface area (Å²) in [6.07, 6.45) is 0. The number of hydrogen-bond acceptors (Lipinski definition) is 3. The van der Waals surface area contributed by atoms with Gasteiger partial charge in [0.1, 0.15) is 0 Å². The zero-order chi connectivity index (χ0) is 90.2. The maximum atomic E-state index is 15.1. The second-order valence-corrected chi connectivity index (χ2v) is 37.5. The van der Waals surface area contributed by atoms with Crippen LogP contribution in [0.15, 0.2) is 490 Å². The molecule has 0 aliphatic carbocycles. The molecule has 0 fully saturated rings. The van der Waals surface area contributed by atoms with Gasteiger partial charge in [-0.3, -0.25) is 0 Å². The van der Waals surface area contributed by atoms with Crippen LogP contribution < -0.4 is 51.4 Å². The Kier molecular flexibility index (Phi) is 21.4. The van der Waals surface area contributed by atoms with Crippen molar-refractivity contribution >= 4 is 141 Å². The first-order chi connectivity index (χ1) is 67.1. The molecule has 27 aromatic rings. The number of rotatable bonds is 14. The normalized spacial score (nSPS) is 11.7. The minimum absolute atomic E-state index is 0. The molecule has 11 heteroatoms. The minimum atomic E-state index is -4.06. The average Bonchev–Trinajstić information content (AvgIpc) is 1.54. The molecule has 138 heavy (non-hydrogen) atoms. The average molecular weight is 1810 g/mol. The first-order valence-electron chi connectivity index (χ1n) is 46.3. The Morgan fingerprint density at radius 3 is 0.572 bits per heavy atom. The fourth-order valence-corrected chi connectivity index (χ4v) is 22.7. The summed E-state index contributed by atoms with van der Waals surface area (Å²) in [7, 11) is -4.06. The number of benzene rings is 21. The van der Waals surface area contributed by atoms with Gasteiger partial charge in [-0.25, -0.2) is 12.4 Å². The third-order valence-electron chi connectivity index (χ3n) is 27.8. The Balaban J connectivity index is 0.000000150. The molecule has 0 amide bonds. The molecule has 0 saturated heterocycles. The molecule has 0 saturated carbocycles. The summed E-state index contributed by atoms with van der Waals surface area (Å²) < 4.78 is 41.3. The van der Waals surface area contributed by atoms with Gasteiger partial charge in [-0.1, -0.05) is 309 Å². The van der Waals surface area contributed by atoms with Crippen molar-refractivity contribution in [1.29, 1.82) is 0 Å². The van der Waals surface area contributed by atoms with Crippen LogP contribution >= 0.6 is 0 Å². The second kappa shape index (κ2) is 34.7. The van der Waals surface area contributed by atoms with Crippen molar-refractivity contribution in [3.8, 4) is 112 Å². The summed E-state index contributed by atoms with van der Waals surface area (Å²) in [5, 5.41) is 13.6. The first-order valence-corrected chi connectivity index (χ1v) is 47.8.